The number of halogens is 3. The Morgan fingerprint density at radius 1 is 1.04 bits per heavy atom. The maximum absolute atomic E-state index is 13.4. The van der Waals surface area contributed by atoms with Gasteiger partial charge in [-0.25, -0.2) is 8.51 Å². The smallest absolute Gasteiger partial charge is 0.359 e. The summed E-state index contributed by atoms with van der Waals surface area (Å²) in [5, 5.41) is 0.795. The van der Waals surface area contributed by atoms with Gasteiger partial charge in [-0.3, -0.25) is 0 Å². The molecule has 0 saturated carbocycles. The predicted molar refractivity (Wildman–Crippen MR) is 91.9 cm³/mol. The van der Waals surface area contributed by atoms with Crippen LogP contribution in [0.25, 0.3) is 10.9 Å². The summed E-state index contributed by atoms with van der Waals surface area (Å²) in [6, 6.07) is 11.7. The lowest BCUT2D eigenvalue weighted by Gasteiger charge is -2.18. The van der Waals surface area contributed by atoms with Crippen LogP contribution in [0.2, 0.25) is 0 Å². The minimum Gasteiger partial charge on any atom is -0.359 e. The number of aromatic amines is 1. The lowest BCUT2D eigenvalue weighted by molar-refractivity contribution is -0.137. The van der Waals surface area contributed by atoms with Crippen LogP contribution in [-0.4, -0.2) is 27.6 Å². The number of hydrogen-bond donors (Lipinski definition) is 1. The molecule has 4 nitrogen and oxygen atoms in total. The van der Waals surface area contributed by atoms with Crippen molar-refractivity contribution in [1.29, 1.82) is 0 Å². The molecule has 0 aliphatic rings. The van der Waals surface area contributed by atoms with E-state index in [1.165, 1.54) is 16.4 Å². The topological polar surface area (TPSA) is 48.5 Å². The van der Waals surface area contributed by atoms with Crippen molar-refractivity contribution >= 4 is 26.5 Å². The highest BCUT2D eigenvalue weighted by Crippen LogP contribution is 2.32. The zero-order valence-electron chi connectivity index (χ0n) is 13.5. The number of fused-ring (bicyclic) bond motifs is 1. The zero-order chi connectivity index (χ0) is 18.2. The normalized spacial score (nSPS) is 14.6. The number of rotatable bonds is 3. The van der Waals surface area contributed by atoms with Gasteiger partial charge in [0.1, 0.15) is 9.92 Å². The Bertz CT molecular complexity index is 1010. The van der Waals surface area contributed by atoms with Crippen LogP contribution in [0.1, 0.15) is 5.56 Å². The fraction of sp³-hybridized carbons (Fsp3) is 0.176. The Hall–Kier alpha value is -2.32. The summed E-state index contributed by atoms with van der Waals surface area (Å²) in [4.78, 5) is 3.26. The summed E-state index contributed by atoms with van der Waals surface area (Å²) in [7, 11) is 0.0733. The molecule has 0 bridgehead atoms. The lowest BCUT2D eigenvalue weighted by Crippen LogP contribution is -2.22. The van der Waals surface area contributed by atoms with Gasteiger partial charge in [-0.1, -0.05) is 18.2 Å². The summed E-state index contributed by atoms with van der Waals surface area (Å²) in [5.74, 6) is 0. The molecule has 0 saturated heterocycles. The maximum atomic E-state index is 13.4. The largest absolute Gasteiger partial charge is 0.416 e. The number of nitrogens with one attached hydrogen (secondary N) is 1. The van der Waals surface area contributed by atoms with E-state index in [0.717, 1.165) is 23.0 Å². The molecule has 132 valence electrons. The molecule has 0 spiro atoms. The number of nitrogens with zero attached hydrogens (tertiary/aromatic N) is 2. The predicted octanol–water partition coefficient (Wildman–Crippen LogP) is 4.82. The molecule has 1 unspecified atom stereocenters. The van der Waals surface area contributed by atoms with Crippen LogP contribution in [0.4, 0.5) is 18.9 Å². The number of para-hydroxylation sites is 1. The van der Waals surface area contributed by atoms with Crippen LogP contribution in [0.3, 0.4) is 0 Å². The molecular formula is C17H16F3N3OS. The average molecular weight is 367 g/mol. The summed E-state index contributed by atoms with van der Waals surface area (Å²) < 4.78 is 57.5. The third-order valence-electron chi connectivity index (χ3n) is 3.77. The van der Waals surface area contributed by atoms with Crippen molar-refractivity contribution in [3.05, 3.63) is 60.3 Å². The molecule has 0 radical (unpaired) electrons. The molecule has 0 amide bonds. The van der Waals surface area contributed by atoms with Gasteiger partial charge in [0.05, 0.1) is 16.1 Å². The average Bonchev–Trinajstić information content (AvgIpc) is 2.97. The van der Waals surface area contributed by atoms with Crippen molar-refractivity contribution in [2.45, 2.75) is 11.1 Å². The molecule has 25 heavy (non-hydrogen) atoms. The standard InChI is InChI=1S/C17H16F3N3OS/c1-23(2)25(24,13-9-7-12(8-10-13)17(18,19)20)22-16-11-21-15-6-4-3-5-14(15)16/h3-11,21H,1-2H3. The Morgan fingerprint density at radius 3 is 2.28 bits per heavy atom. The van der Waals surface area contributed by atoms with E-state index >= 15 is 0 Å². The molecule has 2 aromatic carbocycles. The number of H-pyrrole nitrogens is 1. The summed E-state index contributed by atoms with van der Waals surface area (Å²) in [5.41, 5.74) is 0.548. The third kappa shape index (κ3) is 3.27. The van der Waals surface area contributed by atoms with Crippen LogP contribution >= 0.6 is 0 Å². The minimum absolute atomic E-state index is 0.218. The molecule has 3 aromatic rings. The van der Waals surface area contributed by atoms with E-state index in [2.05, 4.69) is 9.35 Å². The SMILES string of the molecule is CN(C)S(=O)(=Nc1c[nH]c2ccccc12)c1ccc(C(F)(F)F)cc1. The Morgan fingerprint density at radius 2 is 1.68 bits per heavy atom. The summed E-state index contributed by atoms with van der Waals surface area (Å²) >= 11 is 0. The highest BCUT2D eigenvalue weighted by atomic mass is 32.2. The van der Waals surface area contributed by atoms with Crippen molar-refractivity contribution in [3.63, 3.8) is 0 Å². The van der Waals surface area contributed by atoms with Crippen LogP contribution in [0.15, 0.2) is 64.0 Å². The van der Waals surface area contributed by atoms with E-state index in [0.29, 0.717) is 5.69 Å². The maximum Gasteiger partial charge on any atom is 0.416 e. The second-order valence-corrected chi connectivity index (χ2v) is 8.02. The first-order valence-electron chi connectivity index (χ1n) is 7.40. The minimum atomic E-state index is -4.44. The molecule has 8 heteroatoms. The van der Waals surface area contributed by atoms with Crippen molar-refractivity contribution in [2.75, 3.05) is 14.1 Å². The number of aromatic nitrogens is 1. The van der Waals surface area contributed by atoms with Crippen LogP contribution in [-0.2, 0) is 16.1 Å². The first kappa shape index (κ1) is 17.5. The molecule has 1 aromatic heterocycles. The zero-order valence-corrected chi connectivity index (χ0v) is 14.4. The van der Waals surface area contributed by atoms with Crippen molar-refractivity contribution in [1.82, 2.24) is 9.29 Å². The van der Waals surface area contributed by atoms with Crippen LogP contribution in [0.5, 0.6) is 0 Å². The fourth-order valence-electron chi connectivity index (χ4n) is 2.43. The number of hydrogen-bond acceptors (Lipinski definition) is 2. The van der Waals surface area contributed by atoms with Gasteiger partial charge < -0.3 is 4.98 Å². The van der Waals surface area contributed by atoms with Crippen molar-refractivity contribution in [2.24, 2.45) is 4.36 Å². The summed E-state index contributed by atoms with van der Waals surface area (Å²) in [6.45, 7) is 0. The van der Waals surface area contributed by atoms with Gasteiger partial charge in [0.15, 0.2) is 0 Å². The Balaban J connectivity index is 2.15. The van der Waals surface area contributed by atoms with E-state index in [9.17, 15) is 17.4 Å². The van der Waals surface area contributed by atoms with Gasteiger partial charge >= 0.3 is 6.18 Å². The van der Waals surface area contributed by atoms with Gasteiger partial charge in [-0.05, 0) is 30.3 Å². The van der Waals surface area contributed by atoms with Crippen LogP contribution in [0, 0.1) is 0 Å². The number of alkyl halides is 3. The first-order chi connectivity index (χ1) is 11.7. The van der Waals surface area contributed by atoms with Crippen molar-refractivity contribution < 1.29 is 17.4 Å². The lowest BCUT2D eigenvalue weighted by atomic mass is 10.2. The molecule has 0 fully saturated rings. The molecule has 0 aliphatic carbocycles. The fourth-order valence-corrected chi connectivity index (χ4v) is 4.03. The van der Waals surface area contributed by atoms with E-state index in [1.54, 1.807) is 20.3 Å². The molecular weight excluding hydrogens is 351 g/mol. The van der Waals surface area contributed by atoms with Gasteiger partial charge in [0.2, 0.25) is 0 Å². The van der Waals surface area contributed by atoms with Gasteiger partial charge in [-0.15, -0.1) is 0 Å². The Kier molecular flexibility index (Phi) is 4.34. The highest BCUT2D eigenvalue weighted by Gasteiger charge is 2.30. The van der Waals surface area contributed by atoms with Gasteiger partial charge in [-0.2, -0.15) is 17.5 Å². The second kappa shape index (κ2) is 6.20. The van der Waals surface area contributed by atoms with Crippen LogP contribution < -0.4 is 0 Å². The third-order valence-corrected chi connectivity index (χ3v) is 6.09. The quantitative estimate of drug-likeness (QED) is 0.709. The van der Waals surface area contributed by atoms with Crippen molar-refractivity contribution in [3.8, 4) is 0 Å². The van der Waals surface area contributed by atoms with E-state index in [4.69, 9.17) is 0 Å². The molecule has 1 heterocycles. The van der Waals surface area contributed by atoms with E-state index in [1.807, 2.05) is 24.3 Å². The first-order valence-corrected chi connectivity index (χ1v) is 8.87. The summed E-state index contributed by atoms with van der Waals surface area (Å²) in [6.07, 6.45) is -2.80. The monoisotopic (exact) mass is 367 g/mol. The highest BCUT2D eigenvalue weighted by molar-refractivity contribution is 7.91. The molecule has 1 atom stereocenters. The van der Waals surface area contributed by atoms with Gasteiger partial charge in [0, 0.05) is 31.2 Å². The van der Waals surface area contributed by atoms with Gasteiger partial charge in [0.25, 0.3) is 0 Å². The van der Waals surface area contributed by atoms with E-state index in [-0.39, 0.29) is 4.90 Å². The second-order valence-electron chi connectivity index (χ2n) is 5.64. The molecule has 1 N–H and O–H groups in total. The number of benzene rings is 2. The molecule has 0 aliphatic heterocycles. The molecule has 3 rings (SSSR count). The Labute approximate surface area is 143 Å². The van der Waals surface area contributed by atoms with E-state index < -0.39 is 21.7 Å².